The third-order valence-corrected chi connectivity index (χ3v) is 6.32. The Morgan fingerprint density at radius 1 is 1.00 bits per heavy atom. The number of nitrogens with zero attached hydrogens (tertiary/aromatic N) is 2. The molecule has 7 nitrogen and oxygen atoms in total. The molecule has 0 aliphatic heterocycles. The fraction of sp³-hybridized carbons (Fsp3) is 0.207. The molecular formula is C29H27N3O4. The highest BCUT2D eigenvalue weighted by atomic mass is 16.5. The van der Waals surface area contributed by atoms with E-state index in [1.165, 1.54) is 5.56 Å². The molecule has 2 heterocycles. The number of aryl methyl sites for hydroxylation is 2. The van der Waals surface area contributed by atoms with Crippen molar-refractivity contribution in [1.82, 2.24) is 14.9 Å². The van der Waals surface area contributed by atoms with Crippen molar-refractivity contribution in [3.05, 3.63) is 89.4 Å². The molecule has 3 aromatic carbocycles. The normalized spacial score (nSPS) is 11.2. The van der Waals surface area contributed by atoms with Crippen molar-refractivity contribution in [2.24, 2.45) is 0 Å². The molecule has 0 aliphatic carbocycles. The molecule has 0 aliphatic rings. The molecule has 0 atom stereocenters. The lowest BCUT2D eigenvalue weighted by Gasteiger charge is -2.08. The average Bonchev–Trinajstić information content (AvgIpc) is 3.39. The molecule has 0 fully saturated rings. The van der Waals surface area contributed by atoms with Crippen LogP contribution in [0.2, 0.25) is 0 Å². The number of amides is 1. The number of imidazole rings is 1. The summed E-state index contributed by atoms with van der Waals surface area (Å²) < 4.78 is 13.0. The van der Waals surface area contributed by atoms with Gasteiger partial charge in [0.25, 0.3) is 5.91 Å². The second kappa shape index (κ2) is 9.70. The third-order valence-electron chi connectivity index (χ3n) is 6.32. The summed E-state index contributed by atoms with van der Waals surface area (Å²) in [4.78, 5) is 28.8. The lowest BCUT2D eigenvalue weighted by molar-refractivity contribution is -0.141. The smallest absolute Gasteiger partial charge is 0.325 e. The Hall–Kier alpha value is -4.39. The van der Waals surface area contributed by atoms with Crippen LogP contribution in [-0.4, -0.2) is 34.6 Å². The van der Waals surface area contributed by atoms with E-state index in [9.17, 15) is 9.59 Å². The Bertz CT molecular complexity index is 1580. The maximum absolute atomic E-state index is 12.6. The minimum Gasteiger partial charge on any atom is -0.465 e. The van der Waals surface area contributed by atoms with Crippen LogP contribution in [0.5, 0.6) is 0 Å². The molecule has 0 saturated carbocycles. The number of hydrogen-bond donors (Lipinski definition) is 1. The van der Waals surface area contributed by atoms with Gasteiger partial charge in [0.2, 0.25) is 0 Å². The molecule has 182 valence electrons. The van der Waals surface area contributed by atoms with E-state index in [1.54, 1.807) is 6.92 Å². The van der Waals surface area contributed by atoms with E-state index < -0.39 is 11.9 Å². The molecule has 0 spiro atoms. The second-order valence-electron chi connectivity index (χ2n) is 8.69. The molecule has 1 amide bonds. The van der Waals surface area contributed by atoms with E-state index in [0.29, 0.717) is 5.58 Å². The second-order valence-corrected chi connectivity index (χ2v) is 8.69. The molecule has 1 N–H and O–H groups in total. The van der Waals surface area contributed by atoms with Gasteiger partial charge in [0, 0.05) is 17.5 Å². The van der Waals surface area contributed by atoms with Crippen LogP contribution in [0, 0.1) is 13.8 Å². The predicted molar refractivity (Wildman–Crippen MR) is 139 cm³/mol. The number of esters is 1. The molecular weight excluding hydrogens is 454 g/mol. The van der Waals surface area contributed by atoms with Crippen LogP contribution < -0.4 is 5.32 Å². The van der Waals surface area contributed by atoms with Crippen LogP contribution in [0.4, 0.5) is 0 Å². The number of furan rings is 1. The molecule has 36 heavy (non-hydrogen) atoms. The summed E-state index contributed by atoms with van der Waals surface area (Å²) in [6, 6.07) is 22.5. The van der Waals surface area contributed by atoms with Crippen molar-refractivity contribution in [1.29, 1.82) is 0 Å². The van der Waals surface area contributed by atoms with Gasteiger partial charge in [0.05, 0.1) is 17.6 Å². The van der Waals surface area contributed by atoms with Gasteiger partial charge < -0.3 is 19.0 Å². The molecule has 5 aromatic rings. The largest absolute Gasteiger partial charge is 0.465 e. The summed E-state index contributed by atoms with van der Waals surface area (Å²) in [7, 11) is 0. The number of rotatable bonds is 7. The zero-order valence-electron chi connectivity index (χ0n) is 20.5. The van der Waals surface area contributed by atoms with Gasteiger partial charge in [-0.1, -0.05) is 48.5 Å². The van der Waals surface area contributed by atoms with E-state index in [-0.39, 0.29) is 18.9 Å². The van der Waals surface area contributed by atoms with E-state index in [0.717, 1.165) is 45.5 Å². The fourth-order valence-corrected chi connectivity index (χ4v) is 4.45. The first-order valence-electron chi connectivity index (χ1n) is 11.9. The van der Waals surface area contributed by atoms with E-state index >= 15 is 0 Å². The van der Waals surface area contributed by atoms with Gasteiger partial charge in [-0.2, -0.15) is 0 Å². The van der Waals surface area contributed by atoms with Crippen LogP contribution in [0.1, 0.15) is 34.4 Å². The highest BCUT2D eigenvalue weighted by Crippen LogP contribution is 2.30. The molecule has 0 radical (unpaired) electrons. The highest BCUT2D eigenvalue weighted by molar-refractivity contribution is 6.00. The summed E-state index contributed by atoms with van der Waals surface area (Å²) in [6.45, 7) is 6.39. The highest BCUT2D eigenvalue weighted by Gasteiger charge is 2.19. The standard InChI is InChI=1S/C29H27N3O4/c1-4-35-27(33)16-30-29(34)28-18(2)23-14-13-22(15-26(23)36-28)21-11-9-20(10-12-21)17-32-19(3)31-24-7-5-6-8-25(24)32/h5-15H,4,16-17H2,1-3H3,(H,30,34). The van der Waals surface area contributed by atoms with Crippen LogP contribution in [0.3, 0.4) is 0 Å². The maximum atomic E-state index is 12.6. The van der Waals surface area contributed by atoms with E-state index in [4.69, 9.17) is 9.15 Å². The summed E-state index contributed by atoms with van der Waals surface area (Å²) in [6.07, 6.45) is 0. The molecule has 5 rings (SSSR count). The summed E-state index contributed by atoms with van der Waals surface area (Å²) in [5.74, 6) is 0.262. The van der Waals surface area contributed by atoms with Gasteiger partial charge in [-0.15, -0.1) is 0 Å². The maximum Gasteiger partial charge on any atom is 0.325 e. The number of nitrogens with one attached hydrogen (secondary N) is 1. The molecule has 0 unspecified atom stereocenters. The number of benzene rings is 3. The number of ether oxygens (including phenoxy) is 1. The first-order valence-corrected chi connectivity index (χ1v) is 11.9. The first kappa shape index (κ1) is 23.4. The van der Waals surface area contributed by atoms with Crippen molar-refractivity contribution >= 4 is 33.9 Å². The van der Waals surface area contributed by atoms with Crippen LogP contribution >= 0.6 is 0 Å². The number of carbonyl (C=O) groups is 2. The molecule has 7 heteroatoms. The average molecular weight is 482 g/mol. The van der Waals surface area contributed by atoms with Gasteiger partial charge in [-0.05, 0) is 55.7 Å². The molecule has 0 saturated heterocycles. The number of hydrogen-bond acceptors (Lipinski definition) is 5. The first-order chi connectivity index (χ1) is 17.4. The number of para-hydroxylation sites is 2. The topological polar surface area (TPSA) is 86.4 Å². The lowest BCUT2D eigenvalue weighted by atomic mass is 10.0. The van der Waals surface area contributed by atoms with Crippen molar-refractivity contribution in [3.63, 3.8) is 0 Å². The number of aromatic nitrogens is 2. The quantitative estimate of drug-likeness (QED) is 0.314. The van der Waals surface area contributed by atoms with Gasteiger partial charge >= 0.3 is 5.97 Å². The minimum absolute atomic E-state index is 0.199. The molecule has 0 bridgehead atoms. The Labute approximate surface area is 208 Å². The van der Waals surface area contributed by atoms with Crippen molar-refractivity contribution in [3.8, 4) is 11.1 Å². The Balaban J connectivity index is 1.35. The zero-order valence-corrected chi connectivity index (χ0v) is 20.5. The number of carbonyl (C=O) groups excluding carboxylic acids is 2. The zero-order chi connectivity index (χ0) is 25.2. The number of fused-ring (bicyclic) bond motifs is 2. The van der Waals surface area contributed by atoms with Gasteiger partial charge in [-0.25, -0.2) is 4.98 Å². The van der Waals surface area contributed by atoms with Crippen LogP contribution in [0.25, 0.3) is 33.1 Å². The van der Waals surface area contributed by atoms with Crippen molar-refractivity contribution < 1.29 is 18.7 Å². The van der Waals surface area contributed by atoms with E-state index in [2.05, 4.69) is 45.2 Å². The van der Waals surface area contributed by atoms with Gasteiger partial charge in [-0.3, -0.25) is 9.59 Å². The van der Waals surface area contributed by atoms with Crippen LogP contribution in [-0.2, 0) is 16.1 Å². The van der Waals surface area contributed by atoms with Gasteiger partial charge in [0.1, 0.15) is 18.0 Å². The van der Waals surface area contributed by atoms with Gasteiger partial charge in [0.15, 0.2) is 5.76 Å². The Kier molecular flexibility index (Phi) is 6.29. The summed E-state index contributed by atoms with van der Waals surface area (Å²) in [5.41, 5.74) is 6.70. The molecule has 2 aromatic heterocycles. The summed E-state index contributed by atoms with van der Waals surface area (Å²) in [5, 5.41) is 3.42. The fourth-order valence-electron chi connectivity index (χ4n) is 4.45. The Morgan fingerprint density at radius 3 is 2.53 bits per heavy atom. The van der Waals surface area contributed by atoms with Crippen molar-refractivity contribution in [2.75, 3.05) is 13.2 Å². The van der Waals surface area contributed by atoms with Crippen LogP contribution in [0.15, 0.2) is 71.1 Å². The summed E-state index contributed by atoms with van der Waals surface area (Å²) >= 11 is 0. The van der Waals surface area contributed by atoms with Crippen molar-refractivity contribution in [2.45, 2.75) is 27.3 Å². The third kappa shape index (κ3) is 4.47. The predicted octanol–water partition coefficient (Wildman–Crippen LogP) is 5.41. The lowest BCUT2D eigenvalue weighted by Crippen LogP contribution is -2.30. The Morgan fingerprint density at radius 2 is 1.75 bits per heavy atom. The monoisotopic (exact) mass is 481 g/mol. The van der Waals surface area contributed by atoms with E-state index in [1.807, 2.05) is 50.2 Å². The SMILES string of the molecule is CCOC(=O)CNC(=O)c1oc2cc(-c3ccc(Cn4c(C)nc5ccccc54)cc3)ccc2c1C. The minimum atomic E-state index is -0.485.